The van der Waals surface area contributed by atoms with E-state index in [1.807, 2.05) is 30.6 Å². The second-order valence-corrected chi connectivity index (χ2v) is 7.35. The first-order chi connectivity index (χ1) is 13.2. The third-order valence-corrected chi connectivity index (χ3v) is 5.80. The van der Waals surface area contributed by atoms with Gasteiger partial charge in [0, 0.05) is 23.3 Å². The first-order valence-corrected chi connectivity index (χ1v) is 9.68. The molecule has 4 heterocycles. The molecule has 0 bridgehead atoms. The van der Waals surface area contributed by atoms with E-state index in [4.69, 9.17) is 14.5 Å². The first-order valence-electron chi connectivity index (χ1n) is 7.99. The minimum atomic E-state index is 0.432. The molecule has 136 valence electrons. The Morgan fingerprint density at radius 3 is 2.41 bits per heavy atom. The van der Waals surface area contributed by atoms with Gasteiger partial charge in [0.25, 0.3) is 0 Å². The number of rotatable bonds is 5. The van der Waals surface area contributed by atoms with Crippen LogP contribution in [0.5, 0.6) is 11.8 Å². The van der Waals surface area contributed by atoms with Gasteiger partial charge in [-0.2, -0.15) is 9.97 Å². The topological polar surface area (TPSA) is 82.9 Å². The molecule has 0 unspecified atom stereocenters. The van der Waals surface area contributed by atoms with E-state index in [1.54, 1.807) is 37.8 Å². The highest BCUT2D eigenvalue weighted by Crippen LogP contribution is 2.37. The van der Waals surface area contributed by atoms with Crippen molar-refractivity contribution in [2.75, 3.05) is 14.2 Å². The number of hydrogen-bond acceptors (Lipinski definition) is 9. The van der Waals surface area contributed by atoms with Crippen molar-refractivity contribution in [3.8, 4) is 43.7 Å². The number of nitrogens with zero attached hydrogens (tertiary/aromatic N) is 5. The largest absolute Gasteiger partial charge is 0.481 e. The predicted octanol–water partition coefficient (Wildman–Crippen LogP) is 4.11. The van der Waals surface area contributed by atoms with Gasteiger partial charge in [-0.25, -0.2) is 9.97 Å². The van der Waals surface area contributed by atoms with E-state index >= 15 is 0 Å². The fourth-order valence-corrected chi connectivity index (χ4v) is 4.27. The lowest BCUT2D eigenvalue weighted by Gasteiger charge is -2.04. The molecular formula is C18H15N5O2S2. The zero-order valence-corrected chi connectivity index (χ0v) is 16.5. The maximum atomic E-state index is 5.21. The van der Waals surface area contributed by atoms with E-state index in [2.05, 4.69) is 19.9 Å². The monoisotopic (exact) mass is 397 g/mol. The van der Waals surface area contributed by atoms with Gasteiger partial charge in [-0.15, -0.1) is 22.7 Å². The molecule has 4 rings (SSSR count). The quantitative estimate of drug-likeness (QED) is 0.501. The summed E-state index contributed by atoms with van der Waals surface area (Å²) >= 11 is 3.06. The number of hydrogen-bond donors (Lipinski definition) is 0. The van der Waals surface area contributed by atoms with Crippen LogP contribution in [-0.2, 0) is 0 Å². The third-order valence-electron chi connectivity index (χ3n) is 3.73. The van der Waals surface area contributed by atoms with Gasteiger partial charge in [-0.05, 0) is 19.1 Å². The van der Waals surface area contributed by atoms with Crippen molar-refractivity contribution in [2.45, 2.75) is 6.92 Å². The van der Waals surface area contributed by atoms with Gasteiger partial charge >= 0.3 is 0 Å². The van der Waals surface area contributed by atoms with Crippen molar-refractivity contribution in [1.82, 2.24) is 24.9 Å². The molecule has 0 N–H and O–H groups in total. The fourth-order valence-electron chi connectivity index (χ4n) is 2.44. The van der Waals surface area contributed by atoms with E-state index in [9.17, 15) is 0 Å². The zero-order valence-electron chi connectivity index (χ0n) is 14.8. The molecular weight excluding hydrogens is 382 g/mol. The van der Waals surface area contributed by atoms with Gasteiger partial charge < -0.3 is 9.47 Å². The van der Waals surface area contributed by atoms with Crippen LogP contribution in [0.3, 0.4) is 0 Å². The Hall–Kier alpha value is -2.91. The average molecular weight is 397 g/mol. The van der Waals surface area contributed by atoms with Crippen molar-refractivity contribution < 1.29 is 9.47 Å². The molecule has 27 heavy (non-hydrogen) atoms. The SMILES string of the molecule is COc1cc(OC)nc(-c2nc(-c3sc(-c4cccnc4)nc3C)cs2)n1. The van der Waals surface area contributed by atoms with E-state index < -0.39 is 0 Å². The van der Waals surface area contributed by atoms with Crippen LogP contribution >= 0.6 is 22.7 Å². The molecule has 9 heteroatoms. The lowest BCUT2D eigenvalue weighted by atomic mass is 10.3. The summed E-state index contributed by atoms with van der Waals surface area (Å²) in [6.45, 7) is 1.98. The average Bonchev–Trinajstić information content (AvgIpc) is 3.35. The zero-order chi connectivity index (χ0) is 18.8. The molecule has 4 aromatic rings. The Labute approximate surface area is 163 Å². The molecule has 4 aromatic heterocycles. The summed E-state index contributed by atoms with van der Waals surface area (Å²) in [4.78, 5) is 23.3. The number of ether oxygens (including phenoxy) is 2. The van der Waals surface area contributed by atoms with Crippen LogP contribution < -0.4 is 9.47 Å². The van der Waals surface area contributed by atoms with Crippen molar-refractivity contribution in [3.05, 3.63) is 41.7 Å². The van der Waals surface area contributed by atoms with Crippen LogP contribution in [0, 0.1) is 6.92 Å². The van der Waals surface area contributed by atoms with Crippen molar-refractivity contribution >= 4 is 22.7 Å². The molecule has 0 aromatic carbocycles. The van der Waals surface area contributed by atoms with Gasteiger partial charge in [0.05, 0.1) is 36.6 Å². The molecule has 0 saturated carbocycles. The molecule has 0 spiro atoms. The molecule has 0 fully saturated rings. The Kier molecular flexibility index (Phi) is 4.78. The number of aryl methyl sites for hydroxylation is 1. The van der Waals surface area contributed by atoms with Gasteiger partial charge in [0.1, 0.15) is 5.01 Å². The number of thiazole rings is 2. The van der Waals surface area contributed by atoms with E-state index in [0.717, 1.165) is 26.8 Å². The molecule has 0 aliphatic carbocycles. The summed E-state index contributed by atoms with van der Waals surface area (Å²) in [6, 6.07) is 5.53. The third kappa shape index (κ3) is 3.51. The van der Waals surface area contributed by atoms with E-state index in [1.165, 1.54) is 11.3 Å². The highest BCUT2D eigenvalue weighted by Gasteiger charge is 2.17. The van der Waals surface area contributed by atoms with Crippen LogP contribution in [0.4, 0.5) is 0 Å². The summed E-state index contributed by atoms with van der Waals surface area (Å²) in [6.07, 6.45) is 3.56. The summed E-state index contributed by atoms with van der Waals surface area (Å²) in [5.41, 5.74) is 2.78. The molecule has 0 aliphatic rings. The number of methoxy groups -OCH3 is 2. The lowest BCUT2D eigenvalue weighted by Crippen LogP contribution is -1.96. The molecule has 0 saturated heterocycles. The maximum Gasteiger partial charge on any atom is 0.220 e. The highest BCUT2D eigenvalue weighted by molar-refractivity contribution is 7.19. The Balaban J connectivity index is 1.71. The molecule has 0 radical (unpaired) electrons. The molecule has 0 atom stereocenters. The van der Waals surface area contributed by atoms with E-state index in [0.29, 0.717) is 22.6 Å². The standard InChI is InChI=1S/C18H15N5O2S2/c1-10-15(27-17(20-10)11-5-4-6-19-8-11)12-9-26-18(21-12)16-22-13(24-2)7-14(23-16)25-3/h4-9H,1-3H3. The number of pyridine rings is 1. The minimum absolute atomic E-state index is 0.432. The van der Waals surface area contributed by atoms with Gasteiger partial charge in [0.2, 0.25) is 11.8 Å². The molecule has 7 nitrogen and oxygen atoms in total. The van der Waals surface area contributed by atoms with Crippen molar-refractivity contribution in [2.24, 2.45) is 0 Å². The minimum Gasteiger partial charge on any atom is -0.481 e. The van der Waals surface area contributed by atoms with Crippen LogP contribution in [0.2, 0.25) is 0 Å². The Bertz CT molecular complexity index is 1060. The Morgan fingerprint density at radius 2 is 1.74 bits per heavy atom. The first kappa shape index (κ1) is 17.5. The molecule has 0 aliphatic heterocycles. The maximum absolute atomic E-state index is 5.21. The molecule has 0 amide bonds. The van der Waals surface area contributed by atoms with Crippen molar-refractivity contribution in [3.63, 3.8) is 0 Å². The van der Waals surface area contributed by atoms with Gasteiger partial charge in [-0.3, -0.25) is 4.98 Å². The lowest BCUT2D eigenvalue weighted by molar-refractivity contribution is 0.372. The number of aromatic nitrogens is 5. The summed E-state index contributed by atoms with van der Waals surface area (Å²) < 4.78 is 10.4. The van der Waals surface area contributed by atoms with Crippen LogP contribution in [0.25, 0.3) is 32.0 Å². The van der Waals surface area contributed by atoms with Crippen LogP contribution in [-0.4, -0.2) is 39.1 Å². The second-order valence-electron chi connectivity index (χ2n) is 5.49. The summed E-state index contributed by atoms with van der Waals surface area (Å²) in [5, 5.41) is 3.60. The normalized spacial score (nSPS) is 10.8. The summed E-state index contributed by atoms with van der Waals surface area (Å²) in [5.74, 6) is 1.33. The predicted molar refractivity (Wildman–Crippen MR) is 105 cm³/mol. The smallest absolute Gasteiger partial charge is 0.220 e. The van der Waals surface area contributed by atoms with Crippen LogP contribution in [0.1, 0.15) is 5.69 Å². The Morgan fingerprint density at radius 1 is 0.963 bits per heavy atom. The fraction of sp³-hybridized carbons (Fsp3) is 0.167. The van der Waals surface area contributed by atoms with Crippen molar-refractivity contribution in [1.29, 1.82) is 0 Å². The van der Waals surface area contributed by atoms with Gasteiger partial charge in [-0.1, -0.05) is 0 Å². The second kappa shape index (κ2) is 7.37. The van der Waals surface area contributed by atoms with E-state index in [-0.39, 0.29) is 0 Å². The summed E-state index contributed by atoms with van der Waals surface area (Å²) in [7, 11) is 3.11. The van der Waals surface area contributed by atoms with Crippen LogP contribution in [0.15, 0.2) is 36.0 Å². The van der Waals surface area contributed by atoms with Gasteiger partial charge in [0.15, 0.2) is 10.8 Å². The highest BCUT2D eigenvalue weighted by atomic mass is 32.1.